The van der Waals surface area contributed by atoms with Gasteiger partial charge in [0.1, 0.15) is 5.82 Å². The first-order valence-electron chi connectivity index (χ1n) is 6.38. The van der Waals surface area contributed by atoms with E-state index in [2.05, 4.69) is 18.8 Å². The standard InChI is InChI=1S/C15H21ClFN/c1-4-10-18-14(9-8-11(2)3)12-6-5-7-13(16)15(12)17/h5-7,14,18H,2,4,8-10H2,1,3H3. The summed E-state index contributed by atoms with van der Waals surface area (Å²) >= 11 is 5.83. The van der Waals surface area contributed by atoms with Crippen LogP contribution in [0.5, 0.6) is 0 Å². The fourth-order valence-corrected chi connectivity index (χ4v) is 2.05. The van der Waals surface area contributed by atoms with Crippen molar-refractivity contribution >= 4 is 11.6 Å². The highest BCUT2D eigenvalue weighted by Crippen LogP contribution is 2.27. The van der Waals surface area contributed by atoms with Gasteiger partial charge in [0.15, 0.2) is 0 Å². The normalized spacial score (nSPS) is 12.4. The molecule has 1 aromatic carbocycles. The molecule has 18 heavy (non-hydrogen) atoms. The zero-order valence-corrected chi connectivity index (χ0v) is 11.9. The van der Waals surface area contributed by atoms with E-state index in [4.69, 9.17) is 11.6 Å². The van der Waals surface area contributed by atoms with Gasteiger partial charge in [0, 0.05) is 11.6 Å². The van der Waals surface area contributed by atoms with Gasteiger partial charge >= 0.3 is 0 Å². The molecule has 0 aliphatic carbocycles. The van der Waals surface area contributed by atoms with Crippen molar-refractivity contribution in [1.82, 2.24) is 5.32 Å². The molecule has 0 radical (unpaired) electrons. The van der Waals surface area contributed by atoms with Crippen molar-refractivity contribution in [2.75, 3.05) is 6.54 Å². The second-order valence-electron chi connectivity index (χ2n) is 4.65. The lowest BCUT2D eigenvalue weighted by Crippen LogP contribution is -2.23. The molecule has 1 atom stereocenters. The third kappa shape index (κ3) is 4.43. The smallest absolute Gasteiger partial charge is 0.146 e. The molecule has 0 heterocycles. The van der Waals surface area contributed by atoms with Crippen molar-refractivity contribution in [3.8, 4) is 0 Å². The van der Waals surface area contributed by atoms with Crippen LogP contribution in [0.4, 0.5) is 4.39 Å². The zero-order chi connectivity index (χ0) is 13.5. The van der Waals surface area contributed by atoms with Crippen molar-refractivity contribution in [2.24, 2.45) is 0 Å². The zero-order valence-electron chi connectivity index (χ0n) is 11.1. The van der Waals surface area contributed by atoms with Crippen LogP contribution in [0.3, 0.4) is 0 Å². The van der Waals surface area contributed by atoms with Crippen LogP contribution in [0, 0.1) is 5.82 Å². The van der Waals surface area contributed by atoms with Crippen molar-refractivity contribution in [2.45, 2.75) is 39.2 Å². The predicted molar refractivity (Wildman–Crippen MR) is 76.5 cm³/mol. The summed E-state index contributed by atoms with van der Waals surface area (Å²) in [5, 5.41) is 3.56. The maximum absolute atomic E-state index is 14.0. The molecule has 0 saturated heterocycles. The maximum atomic E-state index is 14.0. The summed E-state index contributed by atoms with van der Waals surface area (Å²) < 4.78 is 14.0. The summed E-state index contributed by atoms with van der Waals surface area (Å²) in [5.41, 5.74) is 1.76. The SMILES string of the molecule is C=C(C)CCC(NCCC)c1cccc(Cl)c1F. The third-order valence-electron chi connectivity index (χ3n) is 2.86. The lowest BCUT2D eigenvalue weighted by atomic mass is 9.99. The number of rotatable bonds is 7. The largest absolute Gasteiger partial charge is 0.310 e. The Morgan fingerprint density at radius 1 is 1.50 bits per heavy atom. The van der Waals surface area contributed by atoms with Gasteiger partial charge in [-0.2, -0.15) is 0 Å². The number of benzene rings is 1. The maximum Gasteiger partial charge on any atom is 0.146 e. The Kier molecular flexibility index (Phi) is 6.37. The first-order chi connectivity index (χ1) is 8.56. The van der Waals surface area contributed by atoms with E-state index in [0.717, 1.165) is 31.4 Å². The molecule has 1 unspecified atom stereocenters. The minimum absolute atomic E-state index is 0.000324. The lowest BCUT2D eigenvalue weighted by molar-refractivity contribution is 0.473. The van der Waals surface area contributed by atoms with Gasteiger partial charge in [-0.25, -0.2) is 4.39 Å². The first-order valence-corrected chi connectivity index (χ1v) is 6.75. The molecule has 0 amide bonds. The van der Waals surface area contributed by atoms with E-state index in [1.165, 1.54) is 0 Å². The Hall–Kier alpha value is -0.860. The minimum atomic E-state index is -0.311. The van der Waals surface area contributed by atoms with Crippen LogP contribution in [0.25, 0.3) is 0 Å². The number of nitrogens with one attached hydrogen (secondary N) is 1. The Balaban J connectivity index is 2.86. The van der Waals surface area contributed by atoms with Gasteiger partial charge in [-0.15, -0.1) is 6.58 Å². The van der Waals surface area contributed by atoms with Gasteiger partial charge in [-0.3, -0.25) is 0 Å². The van der Waals surface area contributed by atoms with Crippen LogP contribution in [0.1, 0.15) is 44.7 Å². The Morgan fingerprint density at radius 3 is 2.83 bits per heavy atom. The van der Waals surface area contributed by atoms with Crippen LogP contribution < -0.4 is 5.32 Å². The highest BCUT2D eigenvalue weighted by atomic mass is 35.5. The van der Waals surface area contributed by atoms with E-state index in [1.54, 1.807) is 18.2 Å². The summed E-state index contributed by atoms with van der Waals surface area (Å²) in [6.07, 6.45) is 2.74. The molecule has 1 nitrogen and oxygen atoms in total. The molecule has 0 aliphatic heterocycles. The van der Waals surface area contributed by atoms with Crippen molar-refractivity contribution in [3.63, 3.8) is 0 Å². The molecular weight excluding hydrogens is 249 g/mol. The van der Waals surface area contributed by atoms with Gasteiger partial charge in [-0.1, -0.05) is 36.2 Å². The lowest BCUT2D eigenvalue weighted by Gasteiger charge is -2.20. The molecular formula is C15H21ClFN. The molecule has 1 N–H and O–H groups in total. The highest BCUT2D eigenvalue weighted by Gasteiger charge is 2.16. The Labute approximate surface area is 114 Å². The Bertz CT molecular complexity index is 403. The van der Waals surface area contributed by atoms with E-state index in [9.17, 15) is 4.39 Å². The van der Waals surface area contributed by atoms with E-state index in [0.29, 0.717) is 5.56 Å². The molecule has 0 spiro atoms. The van der Waals surface area contributed by atoms with Crippen LogP contribution in [-0.2, 0) is 0 Å². The number of allylic oxidation sites excluding steroid dienone is 1. The molecule has 0 aliphatic rings. The van der Waals surface area contributed by atoms with Crippen molar-refractivity contribution < 1.29 is 4.39 Å². The summed E-state index contributed by atoms with van der Waals surface area (Å²) in [5.74, 6) is -0.311. The third-order valence-corrected chi connectivity index (χ3v) is 3.15. The highest BCUT2D eigenvalue weighted by molar-refractivity contribution is 6.30. The molecule has 0 bridgehead atoms. The average Bonchev–Trinajstić information content (AvgIpc) is 2.33. The second kappa shape index (κ2) is 7.55. The van der Waals surface area contributed by atoms with Crippen LogP contribution in [0.15, 0.2) is 30.4 Å². The van der Waals surface area contributed by atoms with E-state index in [-0.39, 0.29) is 16.9 Å². The van der Waals surface area contributed by atoms with E-state index < -0.39 is 0 Å². The molecule has 0 saturated carbocycles. The number of hydrogen-bond acceptors (Lipinski definition) is 1. The van der Waals surface area contributed by atoms with E-state index >= 15 is 0 Å². The fourth-order valence-electron chi connectivity index (χ4n) is 1.87. The number of hydrogen-bond donors (Lipinski definition) is 1. The van der Waals surface area contributed by atoms with Crippen LogP contribution in [0.2, 0.25) is 5.02 Å². The summed E-state index contributed by atoms with van der Waals surface area (Å²) in [4.78, 5) is 0. The topological polar surface area (TPSA) is 12.0 Å². The first kappa shape index (κ1) is 15.2. The molecule has 100 valence electrons. The monoisotopic (exact) mass is 269 g/mol. The molecule has 0 fully saturated rings. The second-order valence-corrected chi connectivity index (χ2v) is 5.05. The van der Waals surface area contributed by atoms with Crippen LogP contribution in [-0.4, -0.2) is 6.54 Å². The minimum Gasteiger partial charge on any atom is -0.310 e. The quantitative estimate of drug-likeness (QED) is 0.696. The fraction of sp³-hybridized carbons (Fsp3) is 0.467. The van der Waals surface area contributed by atoms with E-state index in [1.807, 2.05) is 6.92 Å². The summed E-state index contributed by atoms with van der Waals surface area (Å²) in [7, 11) is 0. The van der Waals surface area contributed by atoms with Crippen molar-refractivity contribution in [3.05, 3.63) is 46.8 Å². The Morgan fingerprint density at radius 2 is 2.22 bits per heavy atom. The number of halogens is 2. The van der Waals surface area contributed by atoms with Gasteiger partial charge in [0.2, 0.25) is 0 Å². The van der Waals surface area contributed by atoms with Crippen LogP contribution >= 0.6 is 11.6 Å². The molecule has 0 aromatic heterocycles. The van der Waals surface area contributed by atoms with Gasteiger partial charge in [0.25, 0.3) is 0 Å². The summed E-state index contributed by atoms with van der Waals surface area (Å²) in [6, 6.07) is 5.17. The van der Waals surface area contributed by atoms with Gasteiger partial charge in [0.05, 0.1) is 5.02 Å². The van der Waals surface area contributed by atoms with Gasteiger partial charge in [-0.05, 0) is 38.8 Å². The molecule has 1 rings (SSSR count). The summed E-state index contributed by atoms with van der Waals surface area (Å²) in [6.45, 7) is 8.85. The molecule has 1 aromatic rings. The average molecular weight is 270 g/mol. The predicted octanol–water partition coefficient (Wildman–Crippen LogP) is 4.88. The van der Waals surface area contributed by atoms with Gasteiger partial charge < -0.3 is 5.32 Å². The molecule has 3 heteroatoms. The van der Waals surface area contributed by atoms with Crippen molar-refractivity contribution in [1.29, 1.82) is 0 Å².